The van der Waals surface area contributed by atoms with Crippen molar-refractivity contribution >= 4 is 33.5 Å². The van der Waals surface area contributed by atoms with Gasteiger partial charge in [0, 0.05) is 34.7 Å². The van der Waals surface area contributed by atoms with Crippen LogP contribution >= 0.6 is 0 Å². The number of nitrogens with zero attached hydrogens (tertiary/aromatic N) is 2. The second-order valence-electron chi connectivity index (χ2n) is 4.11. The number of anilines is 2. The van der Waals surface area contributed by atoms with E-state index in [4.69, 9.17) is 5.84 Å². The summed E-state index contributed by atoms with van der Waals surface area (Å²) in [6.07, 6.45) is 2.53. The number of hydrazine groups is 1. The summed E-state index contributed by atoms with van der Waals surface area (Å²) < 4.78 is 11.0. The lowest BCUT2D eigenvalue weighted by Crippen LogP contribution is -2.13. The van der Waals surface area contributed by atoms with Crippen molar-refractivity contribution < 1.29 is 4.21 Å². The lowest BCUT2D eigenvalue weighted by molar-refractivity contribution is 0.685. The van der Waals surface area contributed by atoms with Gasteiger partial charge in [0.15, 0.2) is 0 Å². The molecule has 0 fully saturated rings. The zero-order valence-corrected chi connectivity index (χ0v) is 11.5. The standard InChI is InChI=1S/C12H17N5OS/c1-19(18)8-4-7-14-11-9-5-2-3-6-10(9)15-12(16-11)17-13/h2-3,5-6H,4,7-8,13H2,1H3,(H2,14,15,16,17). The van der Waals surface area contributed by atoms with Gasteiger partial charge in [-0.1, -0.05) is 12.1 Å². The fraction of sp³-hybridized carbons (Fsp3) is 0.333. The molecule has 0 aliphatic heterocycles. The zero-order valence-electron chi connectivity index (χ0n) is 10.7. The lowest BCUT2D eigenvalue weighted by atomic mass is 10.2. The Bertz CT molecular complexity index is 589. The molecule has 0 saturated heterocycles. The summed E-state index contributed by atoms with van der Waals surface area (Å²) in [7, 11) is -0.762. The Morgan fingerprint density at radius 2 is 2.11 bits per heavy atom. The van der Waals surface area contributed by atoms with Crippen molar-refractivity contribution in [3.05, 3.63) is 24.3 Å². The molecule has 1 unspecified atom stereocenters. The van der Waals surface area contributed by atoms with Crippen molar-refractivity contribution in [2.75, 3.05) is 29.3 Å². The largest absolute Gasteiger partial charge is 0.369 e. The van der Waals surface area contributed by atoms with Crippen LogP contribution in [-0.4, -0.2) is 32.7 Å². The average Bonchev–Trinajstić information content (AvgIpc) is 2.42. The predicted octanol–water partition coefficient (Wildman–Crippen LogP) is 1.10. The van der Waals surface area contributed by atoms with E-state index in [-0.39, 0.29) is 0 Å². The van der Waals surface area contributed by atoms with E-state index in [1.165, 1.54) is 0 Å². The Kier molecular flexibility index (Phi) is 4.64. The Hall–Kier alpha value is -1.73. The van der Waals surface area contributed by atoms with Crippen molar-refractivity contribution in [2.24, 2.45) is 5.84 Å². The molecule has 19 heavy (non-hydrogen) atoms. The predicted molar refractivity (Wildman–Crippen MR) is 79.4 cm³/mol. The number of hydrogen-bond acceptors (Lipinski definition) is 6. The average molecular weight is 279 g/mol. The number of nitrogen functional groups attached to an aromatic ring is 1. The first-order valence-electron chi connectivity index (χ1n) is 5.98. The van der Waals surface area contributed by atoms with Crippen LogP contribution in [0.5, 0.6) is 0 Å². The number of para-hydroxylation sites is 1. The third kappa shape index (κ3) is 3.62. The molecule has 0 radical (unpaired) electrons. The molecule has 0 bridgehead atoms. The second kappa shape index (κ2) is 6.44. The Labute approximate surface area is 114 Å². The topological polar surface area (TPSA) is 92.9 Å². The molecule has 0 spiro atoms. The van der Waals surface area contributed by atoms with E-state index in [2.05, 4.69) is 20.7 Å². The normalized spacial score (nSPS) is 12.3. The first-order chi connectivity index (χ1) is 9.20. The second-order valence-corrected chi connectivity index (χ2v) is 5.67. The third-order valence-corrected chi connectivity index (χ3v) is 3.50. The van der Waals surface area contributed by atoms with Gasteiger partial charge in [-0.05, 0) is 18.6 Å². The van der Waals surface area contributed by atoms with E-state index in [9.17, 15) is 4.21 Å². The highest BCUT2D eigenvalue weighted by atomic mass is 32.2. The Balaban J connectivity index is 2.18. The van der Waals surface area contributed by atoms with E-state index in [1.807, 2.05) is 24.3 Å². The van der Waals surface area contributed by atoms with Crippen molar-refractivity contribution in [1.82, 2.24) is 9.97 Å². The van der Waals surface area contributed by atoms with Gasteiger partial charge in [0.2, 0.25) is 5.95 Å². The van der Waals surface area contributed by atoms with Crippen LogP contribution in [0.2, 0.25) is 0 Å². The summed E-state index contributed by atoms with van der Waals surface area (Å²) >= 11 is 0. The van der Waals surface area contributed by atoms with Crippen LogP contribution in [0.4, 0.5) is 11.8 Å². The molecule has 102 valence electrons. The van der Waals surface area contributed by atoms with E-state index < -0.39 is 10.8 Å². The summed E-state index contributed by atoms with van der Waals surface area (Å²) in [5.41, 5.74) is 3.28. The third-order valence-electron chi connectivity index (χ3n) is 2.63. The van der Waals surface area contributed by atoms with Gasteiger partial charge in [-0.25, -0.2) is 10.8 Å². The molecule has 1 heterocycles. The number of benzene rings is 1. The van der Waals surface area contributed by atoms with E-state index >= 15 is 0 Å². The lowest BCUT2D eigenvalue weighted by Gasteiger charge is -2.10. The van der Waals surface area contributed by atoms with Gasteiger partial charge in [0.1, 0.15) is 5.82 Å². The van der Waals surface area contributed by atoms with Crippen molar-refractivity contribution in [3.8, 4) is 0 Å². The number of rotatable bonds is 6. The van der Waals surface area contributed by atoms with E-state index in [1.54, 1.807) is 6.26 Å². The maximum atomic E-state index is 11.0. The number of fused-ring (bicyclic) bond motifs is 1. The van der Waals surface area contributed by atoms with Crippen molar-refractivity contribution in [2.45, 2.75) is 6.42 Å². The minimum atomic E-state index is -0.762. The van der Waals surface area contributed by atoms with Gasteiger partial charge in [-0.3, -0.25) is 9.63 Å². The molecule has 0 aliphatic carbocycles. The minimum absolute atomic E-state index is 0.375. The summed E-state index contributed by atoms with van der Waals surface area (Å²) in [5, 5.41) is 4.18. The highest BCUT2D eigenvalue weighted by Crippen LogP contribution is 2.21. The van der Waals surface area contributed by atoms with Gasteiger partial charge >= 0.3 is 0 Å². The highest BCUT2D eigenvalue weighted by Gasteiger charge is 2.06. The smallest absolute Gasteiger partial charge is 0.239 e. The van der Waals surface area contributed by atoms with Crippen LogP contribution in [0.15, 0.2) is 24.3 Å². The summed E-state index contributed by atoms with van der Waals surface area (Å²) in [6, 6.07) is 7.72. The van der Waals surface area contributed by atoms with Crippen molar-refractivity contribution in [1.29, 1.82) is 0 Å². The van der Waals surface area contributed by atoms with Crippen LogP contribution < -0.4 is 16.6 Å². The van der Waals surface area contributed by atoms with Crippen LogP contribution in [-0.2, 0) is 10.8 Å². The Morgan fingerprint density at radius 1 is 1.32 bits per heavy atom. The highest BCUT2D eigenvalue weighted by molar-refractivity contribution is 7.84. The van der Waals surface area contributed by atoms with Crippen LogP contribution in [0.25, 0.3) is 10.9 Å². The molecule has 1 aromatic carbocycles. The quantitative estimate of drug-likeness (QED) is 0.416. The molecule has 6 nitrogen and oxygen atoms in total. The maximum absolute atomic E-state index is 11.0. The number of nitrogens with two attached hydrogens (primary N) is 1. The molecule has 0 saturated carbocycles. The monoisotopic (exact) mass is 279 g/mol. The summed E-state index contributed by atoms with van der Waals surface area (Å²) in [5.74, 6) is 7.15. The SMILES string of the molecule is CS(=O)CCCNc1nc(NN)nc2ccccc12. The van der Waals surface area contributed by atoms with Crippen LogP contribution in [0.1, 0.15) is 6.42 Å². The molecular weight excluding hydrogens is 262 g/mol. The molecule has 4 N–H and O–H groups in total. The molecule has 0 aliphatic rings. The first-order valence-corrected chi connectivity index (χ1v) is 7.70. The van der Waals surface area contributed by atoms with E-state index in [0.717, 1.165) is 23.1 Å². The van der Waals surface area contributed by atoms with Gasteiger partial charge < -0.3 is 5.32 Å². The summed E-state index contributed by atoms with van der Waals surface area (Å²) in [4.78, 5) is 8.58. The molecule has 0 amide bonds. The fourth-order valence-electron chi connectivity index (χ4n) is 1.76. The minimum Gasteiger partial charge on any atom is -0.369 e. The number of hydrogen-bond donors (Lipinski definition) is 3. The van der Waals surface area contributed by atoms with Crippen LogP contribution in [0.3, 0.4) is 0 Å². The van der Waals surface area contributed by atoms with Gasteiger partial charge in [-0.15, -0.1) is 0 Å². The Morgan fingerprint density at radius 3 is 2.84 bits per heavy atom. The summed E-state index contributed by atoms with van der Waals surface area (Å²) in [6.45, 7) is 0.713. The van der Waals surface area contributed by atoms with Crippen molar-refractivity contribution in [3.63, 3.8) is 0 Å². The molecule has 1 aromatic heterocycles. The van der Waals surface area contributed by atoms with Crippen LogP contribution in [0, 0.1) is 0 Å². The fourth-order valence-corrected chi connectivity index (χ4v) is 2.31. The van der Waals surface area contributed by atoms with E-state index in [0.29, 0.717) is 18.2 Å². The van der Waals surface area contributed by atoms with Gasteiger partial charge in [-0.2, -0.15) is 4.98 Å². The van der Waals surface area contributed by atoms with Gasteiger partial charge in [0.25, 0.3) is 0 Å². The number of aromatic nitrogens is 2. The molecule has 1 atom stereocenters. The molecule has 7 heteroatoms. The maximum Gasteiger partial charge on any atom is 0.239 e. The zero-order chi connectivity index (χ0) is 13.7. The molecule has 2 aromatic rings. The molecular formula is C12H17N5OS. The number of nitrogens with one attached hydrogen (secondary N) is 2. The van der Waals surface area contributed by atoms with Gasteiger partial charge in [0.05, 0.1) is 5.52 Å². The molecule has 2 rings (SSSR count). The first kappa shape index (κ1) is 13.7.